The molecular formula is C21H18F2N2O. The second-order valence-corrected chi connectivity index (χ2v) is 5.67. The normalized spacial score (nSPS) is 11.2. The fourth-order valence-electron chi connectivity index (χ4n) is 2.38. The van der Waals surface area contributed by atoms with Gasteiger partial charge in [0.05, 0.1) is 0 Å². The molecule has 1 aromatic heterocycles. The molecule has 0 radical (unpaired) electrons. The molecule has 0 atom stereocenters. The molecule has 3 aromatic rings. The van der Waals surface area contributed by atoms with E-state index in [1.165, 1.54) is 12.1 Å². The Hall–Kier alpha value is -3.08. The van der Waals surface area contributed by atoms with Gasteiger partial charge in [-0.2, -0.15) is 8.78 Å². The first-order valence-corrected chi connectivity index (χ1v) is 8.28. The highest BCUT2D eigenvalue weighted by atomic mass is 19.3. The highest BCUT2D eigenvalue weighted by Crippen LogP contribution is 2.19. The van der Waals surface area contributed by atoms with Crippen molar-refractivity contribution < 1.29 is 13.5 Å². The van der Waals surface area contributed by atoms with E-state index < -0.39 is 6.61 Å². The van der Waals surface area contributed by atoms with Gasteiger partial charge in [0, 0.05) is 18.0 Å². The van der Waals surface area contributed by atoms with Crippen LogP contribution >= 0.6 is 0 Å². The molecule has 0 unspecified atom stereocenters. The van der Waals surface area contributed by atoms with Gasteiger partial charge in [0.25, 0.3) is 0 Å². The van der Waals surface area contributed by atoms with Crippen molar-refractivity contribution in [3.8, 4) is 17.1 Å². The van der Waals surface area contributed by atoms with Gasteiger partial charge in [-0.05, 0) is 35.2 Å². The van der Waals surface area contributed by atoms with E-state index in [4.69, 9.17) is 0 Å². The van der Waals surface area contributed by atoms with E-state index in [1.807, 2.05) is 48.8 Å². The maximum absolute atomic E-state index is 12.1. The summed E-state index contributed by atoms with van der Waals surface area (Å²) < 4.78 is 28.6. The van der Waals surface area contributed by atoms with Crippen molar-refractivity contribution in [2.75, 3.05) is 0 Å². The Labute approximate surface area is 151 Å². The molecule has 5 heteroatoms. The van der Waals surface area contributed by atoms with Crippen LogP contribution in [-0.4, -0.2) is 16.6 Å². The third-order valence-electron chi connectivity index (χ3n) is 3.86. The predicted molar refractivity (Wildman–Crippen MR) is 98.8 cm³/mol. The molecule has 0 spiro atoms. The topological polar surface area (TPSA) is 35.0 Å². The quantitative estimate of drug-likeness (QED) is 0.551. The maximum atomic E-state index is 12.1. The summed E-state index contributed by atoms with van der Waals surface area (Å²) in [6.45, 7) is -0.740. The molecule has 0 aliphatic heterocycles. The van der Waals surface area contributed by atoms with Gasteiger partial charge in [-0.3, -0.25) is 0 Å². The lowest BCUT2D eigenvalue weighted by atomic mass is 10.1. The van der Waals surface area contributed by atoms with Crippen LogP contribution in [0, 0.1) is 0 Å². The number of aromatic nitrogens is 2. The van der Waals surface area contributed by atoms with Gasteiger partial charge in [-0.15, -0.1) is 0 Å². The van der Waals surface area contributed by atoms with Crippen molar-refractivity contribution in [3.05, 3.63) is 77.6 Å². The predicted octanol–water partition coefficient (Wildman–Crippen LogP) is 5.48. The summed E-state index contributed by atoms with van der Waals surface area (Å²) in [7, 11) is 0. The average Bonchev–Trinajstić information content (AvgIpc) is 2.67. The van der Waals surface area contributed by atoms with Crippen molar-refractivity contribution in [3.63, 3.8) is 0 Å². The summed E-state index contributed by atoms with van der Waals surface area (Å²) in [6, 6.07) is 14.4. The monoisotopic (exact) mass is 352 g/mol. The Morgan fingerprint density at radius 3 is 1.92 bits per heavy atom. The van der Waals surface area contributed by atoms with Gasteiger partial charge in [-0.1, -0.05) is 55.5 Å². The molecule has 1 heterocycles. The number of hydrogen-bond acceptors (Lipinski definition) is 3. The molecule has 0 aliphatic carbocycles. The average molecular weight is 352 g/mol. The summed E-state index contributed by atoms with van der Waals surface area (Å²) in [5, 5.41) is 0. The molecular weight excluding hydrogens is 334 g/mol. The van der Waals surface area contributed by atoms with Crippen LogP contribution in [0.2, 0.25) is 0 Å². The summed E-state index contributed by atoms with van der Waals surface area (Å²) in [5.74, 6) is 0.850. The summed E-state index contributed by atoms with van der Waals surface area (Å²) >= 11 is 0. The molecule has 132 valence electrons. The van der Waals surface area contributed by atoms with Crippen LogP contribution < -0.4 is 4.74 Å². The van der Waals surface area contributed by atoms with E-state index in [2.05, 4.69) is 21.6 Å². The van der Waals surface area contributed by atoms with Crippen LogP contribution in [0.4, 0.5) is 8.78 Å². The number of rotatable bonds is 6. The molecule has 0 bridgehead atoms. The van der Waals surface area contributed by atoms with Crippen molar-refractivity contribution in [2.45, 2.75) is 20.0 Å². The first kappa shape index (κ1) is 17.7. The van der Waals surface area contributed by atoms with E-state index in [-0.39, 0.29) is 5.75 Å². The smallest absolute Gasteiger partial charge is 0.387 e. The van der Waals surface area contributed by atoms with E-state index in [0.29, 0.717) is 5.82 Å². The number of alkyl halides is 2. The molecule has 0 aliphatic rings. The summed E-state index contributed by atoms with van der Waals surface area (Å²) in [5.41, 5.74) is 3.98. The zero-order chi connectivity index (χ0) is 18.4. The number of ether oxygens (including phenoxy) is 1. The fraction of sp³-hybridized carbons (Fsp3) is 0.143. The fourth-order valence-corrected chi connectivity index (χ4v) is 2.38. The van der Waals surface area contributed by atoms with E-state index in [1.54, 1.807) is 12.1 Å². The van der Waals surface area contributed by atoms with Crippen molar-refractivity contribution in [2.24, 2.45) is 0 Å². The Morgan fingerprint density at radius 1 is 0.885 bits per heavy atom. The minimum Gasteiger partial charge on any atom is -0.435 e. The second kappa shape index (κ2) is 8.34. The molecule has 0 N–H and O–H groups in total. The molecule has 2 aromatic carbocycles. The highest BCUT2D eigenvalue weighted by molar-refractivity contribution is 5.71. The first-order chi connectivity index (χ1) is 12.6. The molecule has 3 rings (SSSR count). The van der Waals surface area contributed by atoms with Crippen molar-refractivity contribution in [1.29, 1.82) is 0 Å². The third-order valence-corrected chi connectivity index (χ3v) is 3.86. The van der Waals surface area contributed by atoms with Crippen LogP contribution in [0.5, 0.6) is 5.75 Å². The Bertz CT molecular complexity index is 858. The minimum atomic E-state index is -2.81. The zero-order valence-electron chi connectivity index (χ0n) is 14.3. The van der Waals surface area contributed by atoms with Crippen LogP contribution in [0.25, 0.3) is 23.5 Å². The minimum absolute atomic E-state index is 0.149. The third kappa shape index (κ3) is 4.72. The van der Waals surface area contributed by atoms with Gasteiger partial charge in [0.2, 0.25) is 0 Å². The lowest BCUT2D eigenvalue weighted by Crippen LogP contribution is -2.01. The number of aryl methyl sites for hydroxylation is 1. The van der Waals surface area contributed by atoms with Gasteiger partial charge < -0.3 is 4.74 Å². The van der Waals surface area contributed by atoms with Crippen LogP contribution in [0.15, 0.2) is 60.9 Å². The largest absolute Gasteiger partial charge is 0.435 e. The Morgan fingerprint density at radius 2 is 1.42 bits per heavy atom. The standard InChI is InChI=1S/C21H18F2N2O/c1-2-15-13-24-20(25-14-15)18-9-5-16(6-10-18)3-4-17-7-11-19(12-8-17)26-21(22)23/h3-14,21H,2H2,1H3/b4-3+. The van der Waals surface area contributed by atoms with Gasteiger partial charge >= 0.3 is 6.61 Å². The molecule has 3 nitrogen and oxygen atoms in total. The summed E-state index contributed by atoms with van der Waals surface area (Å²) in [4.78, 5) is 8.75. The van der Waals surface area contributed by atoms with Gasteiger partial charge in [-0.25, -0.2) is 9.97 Å². The van der Waals surface area contributed by atoms with Crippen LogP contribution in [0.3, 0.4) is 0 Å². The zero-order valence-corrected chi connectivity index (χ0v) is 14.3. The van der Waals surface area contributed by atoms with E-state index in [9.17, 15) is 8.78 Å². The first-order valence-electron chi connectivity index (χ1n) is 8.28. The highest BCUT2D eigenvalue weighted by Gasteiger charge is 2.03. The van der Waals surface area contributed by atoms with Crippen LogP contribution in [-0.2, 0) is 6.42 Å². The number of hydrogen-bond donors (Lipinski definition) is 0. The SMILES string of the molecule is CCc1cnc(-c2ccc(/C=C/c3ccc(OC(F)F)cc3)cc2)nc1. The Balaban J connectivity index is 1.67. The van der Waals surface area contributed by atoms with E-state index >= 15 is 0 Å². The van der Waals surface area contributed by atoms with Gasteiger partial charge in [0.15, 0.2) is 5.82 Å². The molecule has 0 saturated carbocycles. The molecule has 0 fully saturated rings. The number of nitrogens with zero attached hydrogens (tertiary/aromatic N) is 2. The molecule has 0 saturated heterocycles. The maximum Gasteiger partial charge on any atom is 0.387 e. The summed E-state index contributed by atoms with van der Waals surface area (Å²) in [6.07, 6.45) is 8.47. The second-order valence-electron chi connectivity index (χ2n) is 5.67. The van der Waals surface area contributed by atoms with Crippen molar-refractivity contribution >= 4 is 12.2 Å². The lowest BCUT2D eigenvalue weighted by Gasteiger charge is -2.04. The molecule has 0 amide bonds. The lowest BCUT2D eigenvalue weighted by molar-refractivity contribution is -0.0498. The van der Waals surface area contributed by atoms with Crippen molar-refractivity contribution in [1.82, 2.24) is 9.97 Å². The van der Waals surface area contributed by atoms with E-state index in [0.717, 1.165) is 28.7 Å². The molecule has 26 heavy (non-hydrogen) atoms. The van der Waals surface area contributed by atoms with Crippen LogP contribution in [0.1, 0.15) is 23.6 Å². The number of halogens is 2. The number of benzene rings is 2. The Kier molecular flexibility index (Phi) is 5.69. The van der Waals surface area contributed by atoms with Gasteiger partial charge in [0.1, 0.15) is 5.75 Å².